The smallest absolute Gasteiger partial charge is 0.261 e. The van der Waals surface area contributed by atoms with Crippen LogP contribution in [0.4, 0.5) is 0 Å². The van der Waals surface area contributed by atoms with Crippen LogP contribution in [0.15, 0.2) is 47.5 Å². The van der Waals surface area contributed by atoms with Crippen molar-refractivity contribution in [3.8, 4) is 0 Å². The summed E-state index contributed by atoms with van der Waals surface area (Å²) in [6.07, 6.45) is 5.16. The molecule has 0 unspecified atom stereocenters. The number of nitrogens with zero attached hydrogens (tertiary/aromatic N) is 3. The molecule has 6 nitrogen and oxygen atoms in total. The van der Waals surface area contributed by atoms with Gasteiger partial charge in [0.15, 0.2) is 0 Å². The second kappa shape index (κ2) is 5.88. The minimum atomic E-state index is -0.192. The lowest BCUT2D eigenvalue weighted by Gasteiger charge is -2.08. The first kappa shape index (κ1) is 14.6. The fraction of sp³-hybridized carbons (Fsp3) is 0.222. The number of carbonyl (C=O) groups excluding carboxylic acids is 1. The standard InChI is InChI=1S/C18H16N4O2/c23-17(20-11-12-3-1-7-19-10-12)13-5-6-14-15(9-13)21-16-4-2-8-22(16)18(14)24/h1,3,5-7,9-10H,2,4,8,11H2,(H,20,23). The summed E-state index contributed by atoms with van der Waals surface area (Å²) >= 11 is 0. The average molecular weight is 320 g/mol. The Labute approximate surface area is 138 Å². The first-order valence-electron chi connectivity index (χ1n) is 7.93. The molecule has 120 valence electrons. The van der Waals surface area contributed by atoms with Crippen LogP contribution in [0.1, 0.15) is 28.2 Å². The normalized spacial score (nSPS) is 13.0. The van der Waals surface area contributed by atoms with Gasteiger partial charge in [0.1, 0.15) is 5.82 Å². The van der Waals surface area contributed by atoms with Crippen LogP contribution in [0.2, 0.25) is 0 Å². The molecule has 0 radical (unpaired) electrons. The van der Waals surface area contributed by atoms with Crippen LogP contribution in [-0.2, 0) is 19.5 Å². The van der Waals surface area contributed by atoms with Crippen LogP contribution >= 0.6 is 0 Å². The van der Waals surface area contributed by atoms with Gasteiger partial charge in [0.2, 0.25) is 0 Å². The Morgan fingerprint density at radius 1 is 1.29 bits per heavy atom. The number of hydrogen-bond donors (Lipinski definition) is 1. The van der Waals surface area contributed by atoms with Crippen LogP contribution in [0.3, 0.4) is 0 Å². The van der Waals surface area contributed by atoms with Crippen LogP contribution < -0.4 is 10.9 Å². The van der Waals surface area contributed by atoms with E-state index in [2.05, 4.69) is 15.3 Å². The summed E-state index contributed by atoms with van der Waals surface area (Å²) < 4.78 is 1.73. The zero-order valence-corrected chi connectivity index (χ0v) is 13.0. The number of amides is 1. The van der Waals surface area contributed by atoms with Gasteiger partial charge in [-0.25, -0.2) is 4.98 Å². The molecule has 0 atom stereocenters. The maximum absolute atomic E-state index is 12.4. The molecule has 1 aromatic carbocycles. The Morgan fingerprint density at radius 3 is 3.04 bits per heavy atom. The van der Waals surface area contributed by atoms with Crippen LogP contribution in [-0.4, -0.2) is 20.4 Å². The fourth-order valence-electron chi connectivity index (χ4n) is 3.01. The van der Waals surface area contributed by atoms with Gasteiger partial charge >= 0.3 is 0 Å². The van der Waals surface area contributed by atoms with Gasteiger partial charge in [-0.3, -0.25) is 19.1 Å². The van der Waals surface area contributed by atoms with E-state index < -0.39 is 0 Å². The van der Waals surface area contributed by atoms with Crippen molar-refractivity contribution in [2.45, 2.75) is 25.9 Å². The van der Waals surface area contributed by atoms with Crippen molar-refractivity contribution in [1.82, 2.24) is 19.9 Å². The molecule has 6 heteroatoms. The number of carbonyl (C=O) groups is 1. The van der Waals surface area contributed by atoms with Crippen LogP contribution in [0, 0.1) is 0 Å². The van der Waals surface area contributed by atoms with Crippen molar-refractivity contribution < 1.29 is 4.79 Å². The molecular formula is C18H16N4O2. The molecule has 0 bridgehead atoms. The molecule has 3 heterocycles. The Bertz CT molecular complexity index is 979. The number of hydrogen-bond acceptors (Lipinski definition) is 4. The number of aryl methyl sites for hydroxylation is 1. The van der Waals surface area contributed by atoms with Gasteiger partial charge < -0.3 is 5.32 Å². The fourth-order valence-corrected chi connectivity index (χ4v) is 3.01. The van der Waals surface area contributed by atoms with E-state index >= 15 is 0 Å². The molecule has 24 heavy (non-hydrogen) atoms. The first-order valence-corrected chi connectivity index (χ1v) is 7.93. The summed E-state index contributed by atoms with van der Waals surface area (Å²) in [5.74, 6) is 0.614. The maximum Gasteiger partial charge on any atom is 0.261 e. The Morgan fingerprint density at radius 2 is 2.21 bits per heavy atom. The highest BCUT2D eigenvalue weighted by molar-refractivity contribution is 5.97. The summed E-state index contributed by atoms with van der Waals surface area (Å²) in [5.41, 5.74) is 2.00. The molecule has 0 saturated carbocycles. The van der Waals surface area contributed by atoms with Crippen molar-refractivity contribution >= 4 is 16.8 Å². The zero-order valence-electron chi connectivity index (χ0n) is 13.0. The summed E-state index contributed by atoms with van der Waals surface area (Å²) in [6, 6.07) is 8.78. The SMILES string of the molecule is O=C(NCc1cccnc1)c1ccc2c(=O)n3c(nc2c1)CCC3. The second-order valence-corrected chi connectivity index (χ2v) is 5.86. The van der Waals surface area contributed by atoms with Crippen molar-refractivity contribution in [2.75, 3.05) is 0 Å². The van der Waals surface area contributed by atoms with Crippen molar-refractivity contribution in [3.63, 3.8) is 0 Å². The van der Waals surface area contributed by atoms with Crippen molar-refractivity contribution in [1.29, 1.82) is 0 Å². The first-order chi connectivity index (χ1) is 11.7. The second-order valence-electron chi connectivity index (χ2n) is 5.86. The van der Waals surface area contributed by atoms with Crippen molar-refractivity contribution in [3.05, 3.63) is 70.0 Å². The third-order valence-electron chi connectivity index (χ3n) is 4.25. The summed E-state index contributed by atoms with van der Waals surface area (Å²) in [7, 11) is 0. The van der Waals surface area contributed by atoms with Crippen molar-refractivity contribution in [2.24, 2.45) is 0 Å². The zero-order chi connectivity index (χ0) is 16.5. The van der Waals surface area contributed by atoms with Gasteiger partial charge in [-0.1, -0.05) is 6.07 Å². The molecule has 3 aromatic rings. The monoisotopic (exact) mass is 320 g/mol. The summed E-state index contributed by atoms with van der Waals surface area (Å²) in [4.78, 5) is 33.3. The molecule has 1 N–H and O–H groups in total. The predicted molar refractivity (Wildman–Crippen MR) is 89.7 cm³/mol. The highest BCUT2D eigenvalue weighted by Crippen LogP contribution is 2.16. The van der Waals surface area contributed by atoms with E-state index in [0.29, 0.717) is 23.0 Å². The molecule has 4 rings (SSSR count). The third kappa shape index (κ3) is 2.56. The van der Waals surface area contributed by atoms with E-state index in [4.69, 9.17) is 0 Å². The number of benzene rings is 1. The Balaban J connectivity index is 1.62. The summed E-state index contributed by atoms with van der Waals surface area (Å²) in [5, 5.41) is 3.42. The molecule has 0 fully saturated rings. The average Bonchev–Trinajstić information content (AvgIpc) is 3.09. The Hall–Kier alpha value is -3.02. The molecular weight excluding hydrogens is 304 g/mol. The lowest BCUT2D eigenvalue weighted by atomic mass is 10.1. The lowest BCUT2D eigenvalue weighted by Crippen LogP contribution is -2.24. The molecule has 2 aromatic heterocycles. The largest absolute Gasteiger partial charge is 0.348 e. The minimum Gasteiger partial charge on any atom is -0.348 e. The molecule has 0 saturated heterocycles. The van der Waals surface area contributed by atoms with Gasteiger partial charge in [-0.15, -0.1) is 0 Å². The van der Waals surface area contributed by atoms with E-state index in [1.165, 1.54) is 0 Å². The summed E-state index contributed by atoms with van der Waals surface area (Å²) in [6.45, 7) is 1.13. The van der Waals surface area contributed by atoms with Crippen LogP contribution in [0.5, 0.6) is 0 Å². The predicted octanol–water partition coefficient (Wildman–Crippen LogP) is 1.67. The van der Waals surface area contributed by atoms with E-state index in [1.807, 2.05) is 12.1 Å². The van der Waals surface area contributed by atoms with Gasteiger partial charge in [-0.05, 0) is 36.2 Å². The van der Waals surface area contributed by atoms with E-state index in [-0.39, 0.29) is 11.5 Å². The van der Waals surface area contributed by atoms with Crippen LogP contribution in [0.25, 0.3) is 10.9 Å². The van der Waals surface area contributed by atoms with Gasteiger partial charge in [0, 0.05) is 37.5 Å². The number of fused-ring (bicyclic) bond motifs is 2. The molecule has 1 amide bonds. The number of aromatic nitrogens is 3. The van der Waals surface area contributed by atoms with Gasteiger partial charge in [0.25, 0.3) is 11.5 Å². The highest BCUT2D eigenvalue weighted by atomic mass is 16.1. The third-order valence-corrected chi connectivity index (χ3v) is 4.25. The molecule has 0 aliphatic carbocycles. The Kier molecular flexibility index (Phi) is 3.57. The van der Waals surface area contributed by atoms with Gasteiger partial charge in [-0.2, -0.15) is 0 Å². The molecule has 1 aliphatic rings. The van der Waals surface area contributed by atoms with E-state index in [0.717, 1.165) is 30.8 Å². The molecule has 0 spiro atoms. The topological polar surface area (TPSA) is 76.9 Å². The maximum atomic E-state index is 12.4. The number of rotatable bonds is 3. The number of pyridine rings is 1. The number of nitrogens with one attached hydrogen (secondary N) is 1. The van der Waals surface area contributed by atoms with Gasteiger partial charge in [0.05, 0.1) is 10.9 Å². The highest BCUT2D eigenvalue weighted by Gasteiger charge is 2.17. The minimum absolute atomic E-state index is 0.0187. The lowest BCUT2D eigenvalue weighted by molar-refractivity contribution is 0.0951. The van der Waals surface area contributed by atoms with E-state index in [1.54, 1.807) is 35.2 Å². The molecule has 1 aliphatic heterocycles. The van der Waals surface area contributed by atoms with E-state index in [9.17, 15) is 9.59 Å². The quantitative estimate of drug-likeness (QED) is 0.796.